The Morgan fingerprint density at radius 2 is 2.00 bits per heavy atom. The van der Waals surface area contributed by atoms with Crippen LogP contribution in [0, 0.1) is 12.8 Å². The van der Waals surface area contributed by atoms with E-state index in [1.54, 1.807) is 18.3 Å². The summed E-state index contributed by atoms with van der Waals surface area (Å²) in [4.78, 5) is 32.2. The maximum absolute atomic E-state index is 12.8. The lowest BCUT2D eigenvalue weighted by atomic mass is 9.82. The summed E-state index contributed by atoms with van der Waals surface area (Å²) in [6.07, 6.45) is 4.31. The second-order valence-corrected chi connectivity index (χ2v) is 7.61. The highest BCUT2D eigenvalue weighted by Gasteiger charge is 2.35. The summed E-state index contributed by atoms with van der Waals surface area (Å²) < 4.78 is 1.93. The molecule has 2 bridgehead atoms. The second-order valence-electron chi connectivity index (χ2n) is 7.61. The van der Waals surface area contributed by atoms with Crippen molar-refractivity contribution >= 4 is 11.6 Å². The predicted octanol–water partition coefficient (Wildman–Crippen LogP) is 1.61. The van der Waals surface area contributed by atoms with Crippen LogP contribution in [0.4, 0.5) is 11.6 Å². The van der Waals surface area contributed by atoms with E-state index in [0.717, 1.165) is 49.0 Å². The number of nitrogen functional groups attached to an aromatic ring is 1. The molecule has 0 aliphatic carbocycles. The van der Waals surface area contributed by atoms with E-state index in [1.807, 2.05) is 17.6 Å². The predicted molar refractivity (Wildman–Crippen MR) is 106 cm³/mol. The fourth-order valence-electron chi connectivity index (χ4n) is 4.44. The van der Waals surface area contributed by atoms with Gasteiger partial charge in [0, 0.05) is 55.1 Å². The van der Waals surface area contributed by atoms with Gasteiger partial charge in [0.15, 0.2) is 0 Å². The Kier molecular flexibility index (Phi) is 3.85. The van der Waals surface area contributed by atoms with Gasteiger partial charge in [0.2, 0.25) is 0 Å². The van der Waals surface area contributed by atoms with Crippen LogP contribution in [0.3, 0.4) is 0 Å². The first kappa shape index (κ1) is 16.9. The lowest BCUT2D eigenvalue weighted by Crippen LogP contribution is -2.47. The van der Waals surface area contributed by atoms with Crippen LogP contribution in [-0.4, -0.2) is 37.6 Å². The smallest absolute Gasteiger partial charge is 0.251 e. The van der Waals surface area contributed by atoms with Crippen molar-refractivity contribution in [2.45, 2.75) is 25.8 Å². The minimum absolute atomic E-state index is 0.0192. The van der Waals surface area contributed by atoms with Crippen LogP contribution >= 0.6 is 0 Å². The first-order chi connectivity index (χ1) is 13.6. The lowest BCUT2D eigenvalue weighted by molar-refractivity contribution is 0.280. The Morgan fingerprint density at radius 3 is 2.82 bits per heavy atom. The third kappa shape index (κ3) is 2.90. The summed E-state index contributed by atoms with van der Waals surface area (Å²) in [6.45, 7) is 4.38. The van der Waals surface area contributed by atoms with Crippen molar-refractivity contribution in [1.29, 1.82) is 0 Å². The van der Waals surface area contributed by atoms with E-state index in [9.17, 15) is 4.79 Å². The van der Waals surface area contributed by atoms with Gasteiger partial charge in [-0.05, 0) is 31.4 Å². The highest BCUT2D eigenvalue weighted by molar-refractivity contribution is 5.62. The number of aromatic nitrogens is 5. The topological polar surface area (TPSA) is 103 Å². The number of aryl methyl sites for hydroxylation is 1. The van der Waals surface area contributed by atoms with E-state index in [1.165, 1.54) is 6.33 Å². The van der Waals surface area contributed by atoms with E-state index >= 15 is 0 Å². The van der Waals surface area contributed by atoms with Gasteiger partial charge in [-0.2, -0.15) is 0 Å². The molecular weight excluding hydrogens is 354 g/mol. The molecule has 0 saturated carbocycles. The van der Waals surface area contributed by atoms with E-state index in [0.29, 0.717) is 17.4 Å². The molecule has 28 heavy (non-hydrogen) atoms. The Balaban J connectivity index is 1.54. The highest BCUT2D eigenvalue weighted by Crippen LogP contribution is 2.37. The van der Waals surface area contributed by atoms with Crippen molar-refractivity contribution < 1.29 is 0 Å². The minimum atomic E-state index is 0.0192. The van der Waals surface area contributed by atoms with Crippen molar-refractivity contribution in [3.05, 3.63) is 58.7 Å². The van der Waals surface area contributed by atoms with Crippen LogP contribution in [0.5, 0.6) is 0 Å². The van der Waals surface area contributed by atoms with Crippen molar-refractivity contribution in [3.8, 4) is 11.3 Å². The number of hydrogen-bond acceptors (Lipinski definition) is 7. The first-order valence-electron chi connectivity index (χ1n) is 9.44. The molecule has 0 unspecified atom stereocenters. The fourth-order valence-corrected chi connectivity index (χ4v) is 4.44. The third-order valence-electron chi connectivity index (χ3n) is 5.63. The fraction of sp³-hybridized carbons (Fsp3) is 0.350. The van der Waals surface area contributed by atoms with Crippen molar-refractivity contribution in [3.63, 3.8) is 0 Å². The van der Waals surface area contributed by atoms with E-state index in [2.05, 4.69) is 30.9 Å². The standard InChI is InChI=1S/C20H21N7O/c1-12-22-3-2-19(25-12)26-8-13-4-15(10-26)17-5-14(6-20(28)27(17)9-13)16-7-18(21)24-11-23-16/h2-3,5-7,11,13,15H,4,8-10H2,1H3,(H2,21,23,24)/t13-,15+/m0/s1. The molecule has 5 heterocycles. The molecule has 8 heteroatoms. The molecule has 2 aliphatic heterocycles. The SMILES string of the molecule is Cc1nccc(N2C[C@@H]3C[C@H](C2)c2cc(-c4cc(N)ncn4)cc(=O)n2C3)n1. The number of rotatable bonds is 2. The van der Waals surface area contributed by atoms with E-state index in [-0.39, 0.29) is 11.5 Å². The maximum atomic E-state index is 12.8. The van der Waals surface area contributed by atoms with Gasteiger partial charge in [-0.15, -0.1) is 0 Å². The molecule has 2 atom stereocenters. The summed E-state index contributed by atoms with van der Waals surface area (Å²) in [6, 6.07) is 7.40. The molecule has 2 aliphatic rings. The number of pyridine rings is 1. The van der Waals surface area contributed by atoms with Crippen LogP contribution < -0.4 is 16.2 Å². The van der Waals surface area contributed by atoms with E-state index in [4.69, 9.17) is 5.73 Å². The molecule has 0 amide bonds. The zero-order chi connectivity index (χ0) is 19.3. The monoisotopic (exact) mass is 375 g/mol. The molecule has 5 rings (SSSR count). The van der Waals surface area contributed by atoms with E-state index < -0.39 is 0 Å². The number of nitrogens with zero attached hydrogens (tertiary/aromatic N) is 6. The number of anilines is 2. The number of hydrogen-bond donors (Lipinski definition) is 1. The van der Waals surface area contributed by atoms with Crippen LogP contribution in [0.2, 0.25) is 0 Å². The molecule has 0 spiro atoms. The Labute approximate surface area is 162 Å². The van der Waals surface area contributed by atoms with Gasteiger partial charge in [-0.25, -0.2) is 19.9 Å². The number of nitrogens with two attached hydrogens (primary N) is 1. The van der Waals surface area contributed by atoms with Crippen molar-refractivity contribution in [2.24, 2.45) is 5.92 Å². The summed E-state index contributed by atoms with van der Waals surface area (Å²) in [5.41, 5.74) is 8.34. The molecule has 2 N–H and O–H groups in total. The van der Waals surface area contributed by atoms with Crippen LogP contribution in [0.25, 0.3) is 11.3 Å². The van der Waals surface area contributed by atoms with Gasteiger partial charge >= 0.3 is 0 Å². The highest BCUT2D eigenvalue weighted by atomic mass is 16.1. The van der Waals surface area contributed by atoms with Crippen molar-refractivity contribution in [2.75, 3.05) is 23.7 Å². The molecule has 1 saturated heterocycles. The van der Waals surface area contributed by atoms with Crippen LogP contribution in [-0.2, 0) is 6.54 Å². The maximum Gasteiger partial charge on any atom is 0.251 e. The number of fused-ring (bicyclic) bond motifs is 4. The van der Waals surface area contributed by atoms with Gasteiger partial charge in [0.1, 0.15) is 23.8 Å². The van der Waals surface area contributed by atoms with Gasteiger partial charge < -0.3 is 15.2 Å². The quantitative estimate of drug-likeness (QED) is 0.726. The molecule has 0 radical (unpaired) electrons. The van der Waals surface area contributed by atoms with Gasteiger partial charge in [-0.1, -0.05) is 0 Å². The average molecular weight is 375 g/mol. The van der Waals surface area contributed by atoms with Crippen molar-refractivity contribution in [1.82, 2.24) is 24.5 Å². The average Bonchev–Trinajstić information content (AvgIpc) is 2.68. The molecule has 8 nitrogen and oxygen atoms in total. The summed E-state index contributed by atoms with van der Waals surface area (Å²) >= 11 is 0. The Hall–Kier alpha value is -3.29. The molecule has 0 aromatic carbocycles. The molecule has 142 valence electrons. The Morgan fingerprint density at radius 1 is 1.11 bits per heavy atom. The molecule has 3 aromatic heterocycles. The molecule has 1 fully saturated rings. The zero-order valence-corrected chi connectivity index (χ0v) is 15.6. The van der Waals surface area contributed by atoms with Gasteiger partial charge in [-0.3, -0.25) is 4.79 Å². The Bertz CT molecular complexity index is 1110. The van der Waals surface area contributed by atoms with Crippen LogP contribution in [0.15, 0.2) is 41.6 Å². The molecule has 3 aromatic rings. The molecular formula is C20H21N7O. The summed E-state index contributed by atoms with van der Waals surface area (Å²) in [5.74, 6) is 2.83. The second kappa shape index (κ2) is 6.40. The zero-order valence-electron chi connectivity index (χ0n) is 15.6. The largest absolute Gasteiger partial charge is 0.384 e. The van der Waals surface area contributed by atoms with Crippen LogP contribution in [0.1, 0.15) is 23.9 Å². The van der Waals surface area contributed by atoms with Gasteiger partial charge in [0.05, 0.1) is 5.69 Å². The lowest BCUT2D eigenvalue weighted by Gasteiger charge is -2.43. The normalized spacial score (nSPS) is 20.7. The first-order valence-corrected chi connectivity index (χ1v) is 9.44. The summed E-state index contributed by atoms with van der Waals surface area (Å²) in [7, 11) is 0. The third-order valence-corrected chi connectivity index (χ3v) is 5.63. The minimum Gasteiger partial charge on any atom is -0.384 e. The number of piperidine rings is 1. The van der Waals surface area contributed by atoms with Gasteiger partial charge in [0.25, 0.3) is 5.56 Å². The summed E-state index contributed by atoms with van der Waals surface area (Å²) in [5, 5.41) is 0.